The molecule has 0 fully saturated rings. The Morgan fingerprint density at radius 1 is 1.27 bits per heavy atom. The molecule has 0 aliphatic heterocycles. The minimum atomic E-state index is -4.86. The Balaban J connectivity index is 2.54. The summed E-state index contributed by atoms with van der Waals surface area (Å²) in [5, 5.41) is 0.215. The summed E-state index contributed by atoms with van der Waals surface area (Å²) in [6.45, 7) is 0. The van der Waals surface area contributed by atoms with Gasteiger partial charge in [-0.1, -0.05) is 16.3 Å². The minimum Gasteiger partial charge on any atom is -0.299 e. The number of nitrogens with zero attached hydrogens (tertiary/aromatic N) is 1. The second-order valence-electron chi connectivity index (χ2n) is 2.69. The van der Waals surface area contributed by atoms with Crippen molar-refractivity contribution in [2.24, 2.45) is 0 Å². The highest BCUT2D eigenvalue weighted by Gasteiger charge is 2.33. The smallest absolute Gasteiger partial charge is 0.299 e. The molecular weight excluding hydrogens is 231 g/mol. The molecule has 0 radical (unpaired) electrons. The van der Waals surface area contributed by atoms with Gasteiger partial charge in [-0.05, 0) is 23.7 Å². The van der Waals surface area contributed by atoms with Gasteiger partial charge in [0, 0.05) is 0 Å². The van der Waals surface area contributed by atoms with Crippen LogP contribution in [0.4, 0.5) is 13.2 Å². The predicted octanol–water partition coefficient (Wildman–Crippen LogP) is 2.01. The maximum atomic E-state index is 11.9. The Bertz CT molecular complexity index is 543. The number of alkyl halides is 3. The molecule has 0 aliphatic carbocycles. The fourth-order valence-corrected chi connectivity index (χ4v) is 1.98. The molecule has 2 rings (SSSR count). The van der Waals surface area contributed by atoms with E-state index in [2.05, 4.69) is 4.84 Å². The molecule has 0 bridgehead atoms. The molecule has 0 N–H and O–H groups in total. The molecule has 1 aromatic heterocycles. The van der Waals surface area contributed by atoms with Gasteiger partial charge in [0.25, 0.3) is 0 Å². The van der Waals surface area contributed by atoms with Gasteiger partial charge in [-0.2, -0.15) is 0 Å². The Morgan fingerprint density at radius 2 is 1.93 bits per heavy atom. The van der Waals surface area contributed by atoms with Crippen LogP contribution < -0.4 is 10.4 Å². The molecule has 0 saturated heterocycles. The lowest BCUT2D eigenvalue weighted by Gasteiger charge is -2.05. The van der Waals surface area contributed by atoms with E-state index in [4.69, 9.17) is 0 Å². The molecule has 0 atom stereocenters. The first-order valence-electron chi connectivity index (χ1n) is 3.85. The van der Waals surface area contributed by atoms with Crippen LogP contribution in [-0.2, 0) is 0 Å². The van der Waals surface area contributed by atoms with E-state index in [-0.39, 0.29) is 9.51 Å². The number of hydrogen-bond donors (Lipinski definition) is 0. The third kappa shape index (κ3) is 1.96. The molecule has 15 heavy (non-hydrogen) atoms. The standard InChI is InChI=1S/C8H4F3NO2S/c9-8(10,11)14-12-7(13)5-3-1-2-4-6(5)15-12/h1-4H. The summed E-state index contributed by atoms with van der Waals surface area (Å²) in [6.07, 6.45) is -4.86. The molecule has 2 aromatic rings. The first-order valence-corrected chi connectivity index (χ1v) is 4.62. The fourth-order valence-electron chi connectivity index (χ4n) is 1.11. The normalized spacial score (nSPS) is 11.9. The molecule has 0 saturated carbocycles. The minimum absolute atomic E-state index is 0.215. The molecule has 0 amide bonds. The highest BCUT2D eigenvalue weighted by atomic mass is 32.1. The maximum Gasteiger partial charge on any atom is 0.592 e. The van der Waals surface area contributed by atoms with Crippen LogP contribution in [0.15, 0.2) is 29.1 Å². The van der Waals surface area contributed by atoms with E-state index in [0.717, 1.165) is 0 Å². The third-order valence-electron chi connectivity index (χ3n) is 1.65. The van der Waals surface area contributed by atoms with Crippen molar-refractivity contribution in [2.45, 2.75) is 6.36 Å². The van der Waals surface area contributed by atoms with E-state index in [1.54, 1.807) is 18.2 Å². The zero-order valence-corrected chi connectivity index (χ0v) is 7.93. The highest BCUT2D eigenvalue weighted by Crippen LogP contribution is 2.18. The van der Waals surface area contributed by atoms with E-state index < -0.39 is 11.9 Å². The van der Waals surface area contributed by atoms with Crippen LogP contribution in [0.25, 0.3) is 10.1 Å². The number of hydrogen-bond acceptors (Lipinski definition) is 3. The maximum absolute atomic E-state index is 11.9. The Morgan fingerprint density at radius 3 is 2.53 bits per heavy atom. The molecule has 3 nitrogen and oxygen atoms in total. The second kappa shape index (κ2) is 3.27. The Hall–Kier alpha value is -1.50. The largest absolute Gasteiger partial charge is 0.592 e. The second-order valence-corrected chi connectivity index (χ2v) is 3.64. The predicted molar refractivity (Wildman–Crippen MR) is 48.7 cm³/mol. The number of rotatable bonds is 1. The molecule has 1 aromatic carbocycles. The van der Waals surface area contributed by atoms with E-state index >= 15 is 0 Å². The molecule has 0 spiro atoms. The number of benzene rings is 1. The van der Waals surface area contributed by atoms with Crippen molar-refractivity contribution in [1.82, 2.24) is 4.12 Å². The lowest BCUT2D eigenvalue weighted by molar-refractivity contribution is -0.319. The molecule has 0 aliphatic rings. The average Bonchev–Trinajstić information content (AvgIpc) is 2.42. The lowest BCUT2D eigenvalue weighted by atomic mass is 10.3. The van der Waals surface area contributed by atoms with Crippen LogP contribution in [0.1, 0.15) is 0 Å². The molecule has 1 heterocycles. The van der Waals surface area contributed by atoms with Crippen molar-refractivity contribution in [3.05, 3.63) is 34.6 Å². The van der Waals surface area contributed by atoms with Gasteiger partial charge >= 0.3 is 11.9 Å². The molecule has 80 valence electrons. The van der Waals surface area contributed by atoms with Crippen LogP contribution >= 0.6 is 11.5 Å². The van der Waals surface area contributed by atoms with Gasteiger partial charge < -0.3 is 0 Å². The van der Waals surface area contributed by atoms with Gasteiger partial charge in [0.2, 0.25) is 0 Å². The van der Waals surface area contributed by atoms with Crippen molar-refractivity contribution < 1.29 is 18.0 Å². The van der Waals surface area contributed by atoms with E-state index in [0.29, 0.717) is 16.2 Å². The first kappa shape index (κ1) is 10.0. The van der Waals surface area contributed by atoms with Crippen LogP contribution in [0, 0.1) is 0 Å². The van der Waals surface area contributed by atoms with Crippen LogP contribution in [0.2, 0.25) is 0 Å². The van der Waals surface area contributed by atoms with E-state index in [9.17, 15) is 18.0 Å². The van der Waals surface area contributed by atoms with Crippen LogP contribution in [-0.4, -0.2) is 10.5 Å². The Kier molecular flexibility index (Phi) is 2.18. The topological polar surface area (TPSA) is 31.2 Å². The summed E-state index contributed by atoms with van der Waals surface area (Å²) in [4.78, 5) is 14.9. The number of halogens is 3. The monoisotopic (exact) mass is 235 g/mol. The molecular formula is C8H4F3NO2S. The van der Waals surface area contributed by atoms with E-state index in [1.165, 1.54) is 6.07 Å². The molecule has 7 heteroatoms. The van der Waals surface area contributed by atoms with Crippen molar-refractivity contribution in [3.63, 3.8) is 0 Å². The quantitative estimate of drug-likeness (QED) is 0.757. The van der Waals surface area contributed by atoms with Crippen LogP contribution in [0.5, 0.6) is 0 Å². The zero-order valence-electron chi connectivity index (χ0n) is 7.12. The van der Waals surface area contributed by atoms with Gasteiger partial charge in [0.05, 0.1) is 10.1 Å². The van der Waals surface area contributed by atoms with Crippen molar-refractivity contribution in [3.8, 4) is 0 Å². The fraction of sp³-hybridized carbons (Fsp3) is 0.125. The number of aromatic nitrogens is 1. The van der Waals surface area contributed by atoms with Gasteiger partial charge in [-0.3, -0.25) is 9.63 Å². The van der Waals surface area contributed by atoms with Crippen molar-refractivity contribution in [1.29, 1.82) is 0 Å². The van der Waals surface area contributed by atoms with Crippen molar-refractivity contribution in [2.75, 3.05) is 0 Å². The van der Waals surface area contributed by atoms with Gasteiger partial charge in [-0.15, -0.1) is 13.2 Å². The van der Waals surface area contributed by atoms with Gasteiger partial charge in [0.15, 0.2) is 0 Å². The molecule has 0 unspecified atom stereocenters. The highest BCUT2D eigenvalue weighted by molar-refractivity contribution is 7.13. The van der Waals surface area contributed by atoms with Crippen LogP contribution in [0.3, 0.4) is 0 Å². The summed E-state index contributed by atoms with van der Waals surface area (Å²) in [7, 11) is 0. The summed E-state index contributed by atoms with van der Waals surface area (Å²) in [5.74, 6) is 0. The van der Waals surface area contributed by atoms with Crippen molar-refractivity contribution >= 4 is 21.6 Å². The Labute approximate surface area is 85.4 Å². The first-order chi connectivity index (χ1) is 6.97. The zero-order chi connectivity index (χ0) is 11.1. The average molecular weight is 235 g/mol. The number of fused-ring (bicyclic) bond motifs is 1. The van der Waals surface area contributed by atoms with Gasteiger partial charge in [0.1, 0.15) is 0 Å². The summed E-state index contributed by atoms with van der Waals surface area (Å²) in [5.41, 5.74) is -0.798. The third-order valence-corrected chi connectivity index (χ3v) is 2.61. The lowest BCUT2D eigenvalue weighted by Crippen LogP contribution is -2.31. The summed E-state index contributed by atoms with van der Waals surface area (Å²) in [6, 6.07) is 6.21. The summed E-state index contributed by atoms with van der Waals surface area (Å²) >= 11 is 0.613. The SMILES string of the molecule is O=c1c2ccccc2sn1OC(F)(F)F. The van der Waals surface area contributed by atoms with Gasteiger partial charge in [-0.25, -0.2) is 0 Å². The summed E-state index contributed by atoms with van der Waals surface area (Å²) < 4.78 is 36.3. The van der Waals surface area contributed by atoms with E-state index in [1.807, 2.05) is 0 Å².